The molecule has 222 valence electrons. The Labute approximate surface area is 265 Å². The molecule has 0 saturated heterocycles. The Morgan fingerprint density at radius 1 is 0.837 bits per heavy atom. The SMILES string of the molecule is CCCCC(CC)CN1C(=O)c2c(-c3ccc(C=O)s3)sc(-c3ccc(-c4cc5c6c(c4)CCCN6CCC5)s3)c2C1=O. The van der Waals surface area contributed by atoms with Crippen molar-refractivity contribution < 1.29 is 14.4 Å². The number of aldehydes is 1. The molecule has 0 spiro atoms. The van der Waals surface area contributed by atoms with Crippen molar-refractivity contribution in [3.63, 3.8) is 0 Å². The minimum absolute atomic E-state index is 0.173. The number of anilines is 1. The number of thiophene rings is 3. The van der Waals surface area contributed by atoms with Gasteiger partial charge in [0.15, 0.2) is 6.29 Å². The average molecular weight is 629 g/mol. The zero-order valence-corrected chi connectivity index (χ0v) is 27.2. The van der Waals surface area contributed by atoms with Gasteiger partial charge in [0.05, 0.1) is 25.8 Å². The highest BCUT2D eigenvalue weighted by molar-refractivity contribution is 7.28. The molecule has 6 heterocycles. The van der Waals surface area contributed by atoms with Crippen LogP contribution >= 0.6 is 34.0 Å². The predicted molar refractivity (Wildman–Crippen MR) is 179 cm³/mol. The van der Waals surface area contributed by atoms with Crippen LogP contribution in [0.1, 0.15) is 93.9 Å². The van der Waals surface area contributed by atoms with Crippen LogP contribution in [0.15, 0.2) is 36.4 Å². The number of carbonyl (C=O) groups excluding carboxylic acids is 3. The van der Waals surface area contributed by atoms with Gasteiger partial charge in [0, 0.05) is 40.0 Å². The van der Waals surface area contributed by atoms with E-state index in [1.54, 1.807) is 17.4 Å². The maximum Gasteiger partial charge on any atom is 0.263 e. The van der Waals surface area contributed by atoms with Gasteiger partial charge in [-0.15, -0.1) is 34.0 Å². The van der Waals surface area contributed by atoms with Crippen molar-refractivity contribution >= 4 is 57.8 Å². The van der Waals surface area contributed by atoms with Crippen LogP contribution in [0.25, 0.3) is 29.9 Å². The van der Waals surface area contributed by atoms with E-state index in [9.17, 15) is 14.4 Å². The first-order chi connectivity index (χ1) is 21.0. The summed E-state index contributed by atoms with van der Waals surface area (Å²) in [6, 6.07) is 12.7. The second-order valence-electron chi connectivity index (χ2n) is 12.0. The molecule has 0 fully saturated rings. The number of nitrogens with zero attached hydrogens (tertiary/aromatic N) is 2. The minimum atomic E-state index is -0.191. The van der Waals surface area contributed by atoms with Gasteiger partial charge >= 0.3 is 0 Å². The number of rotatable bonds is 10. The zero-order chi connectivity index (χ0) is 29.7. The Morgan fingerprint density at radius 3 is 2.07 bits per heavy atom. The van der Waals surface area contributed by atoms with E-state index in [1.165, 1.54) is 67.7 Å². The normalized spacial score (nSPS) is 16.5. The molecule has 0 bridgehead atoms. The largest absolute Gasteiger partial charge is 0.371 e. The summed E-state index contributed by atoms with van der Waals surface area (Å²) in [7, 11) is 0. The second kappa shape index (κ2) is 11.8. The summed E-state index contributed by atoms with van der Waals surface area (Å²) in [6.07, 6.45) is 9.64. The number of unbranched alkanes of at least 4 members (excludes halogenated alkanes) is 1. The van der Waals surface area contributed by atoms with E-state index in [-0.39, 0.29) is 11.8 Å². The van der Waals surface area contributed by atoms with Gasteiger partial charge in [-0.1, -0.05) is 33.1 Å². The molecular formula is C35H36N2O3S3. The highest BCUT2D eigenvalue weighted by atomic mass is 32.1. The Bertz CT molecular complexity index is 1700. The number of amides is 2. The Kier molecular flexibility index (Phi) is 7.86. The van der Waals surface area contributed by atoms with Crippen LogP contribution in [0.2, 0.25) is 0 Å². The lowest BCUT2D eigenvalue weighted by molar-refractivity contribution is 0.0624. The minimum Gasteiger partial charge on any atom is -0.371 e. The second-order valence-corrected chi connectivity index (χ2v) is 15.2. The fourth-order valence-electron chi connectivity index (χ4n) is 6.99. The van der Waals surface area contributed by atoms with E-state index < -0.39 is 0 Å². The summed E-state index contributed by atoms with van der Waals surface area (Å²) >= 11 is 4.61. The quantitative estimate of drug-likeness (QED) is 0.130. The molecule has 0 aliphatic carbocycles. The maximum atomic E-state index is 14.0. The summed E-state index contributed by atoms with van der Waals surface area (Å²) in [5.74, 6) is -0.0679. The summed E-state index contributed by atoms with van der Waals surface area (Å²) in [5.41, 5.74) is 6.70. The molecule has 1 unspecified atom stereocenters. The molecule has 3 aliphatic rings. The molecule has 1 atom stereocenters. The van der Waals surface area contributed by atoms with Crippen molar-refractivity contribution in [3.05, 3.63) is 63.5 Å². The summed E-state index contributed by atoms with van der Waals surface area (Å²) in [4.78, 5) is 48.9. The van der Waals surface area contributed by atoms with E-state index in [4.69, 9.17) is 0 Å². The van der Waals surface area contributed by atoms with Crippen LogP contribution in [0.3, 0.4) is 0 Å². The highest BCUT2D eigenvalue weighted by Gasteiger charge is 2.43. The number of aryl methyl sites for hydroxylation is 2. The molecule has 2 amide bonds. The third kappa shape index (κ3) is 5.01. The lowest BCUT2D eigenvalue weighted by Crippen LogP contribution is -2.34. The third-order valence-electron chi connectivity index (χ3n) is 9.22. The molecule has 0 saturated carbocycles. The van der Waals surface area contributed by atoms with Crippen molar-refractivity contribution in [2.75, 3.05) is 24.5 Å². The van der Waals surface area contributed by atoms with E-state index in [1.807, 2.05) is 6.07 Å². The van der Waals surface area contributed by atoms with Crippen molar-refractivity contribution in [1.82, 2.24) is 4.90 Å². The van der Waals surface area contributed by atoms with E-state index >= 15 is 0 Å². The Balaban J connectivity index is 1.29. The van der Waals surface area contributed by atoms with Crippen LogP contribution in [-0.2, 0) is 12.8 Å². The maximum absolute atomic E-state index is 14.0. The van der Waals surface area contributed by atoms with Gasteiger partial charge in [0.25, 0.3) is 11.8 Å². The van der Waals surface area contributed by atoms with Gasteiger partial charge in [-0.05, 0) is 91.1 Å². The topological polar surface area (TPSA) is 57.7 Å². The molecule has 43 heavy (non-hydrogen) atoms. The van der Waals surface area contributed by atoms with E-state index in [2.05, 4.69) is 43.0 Å². The van der Waals surface area contributed by atoms with Gasteiger partial charge in [-0.2, -0.15) is 0 Å². The highest BCUT2D eigenvalue weighted by Crippen LogP contribution is 2.50. The van der Waals surface area contributed by atoms with Crippen LogP contribution in [0.4, 0.5) is 5.69 Å². The van der Waals surface area contributed by atoms with Gasteiger partial charge in [-0.3, -0.25) is 19.3 Å². The monoisotopic (exact) mass is 628 g/mol. The predicted octanol–water partition coefficient (Wildman–Crippen LogP) is 9.20. The molecule has 0 N–H and O–H groups in total. The van der Waals surface area contributed by atoms with Crippen LogP contribution in [0.5, 0.6) is 0 Å². The summed E-state index contributed by atoms with van der Waals surface area (Å²) < 4.78 is 0. The first-order valence-corrected chi connectivity index (χ1v) is 18.0. The standard InChI is InChI=1S/C35H36N2O3S3/c1-3-5-8-21(4-2)19-37-34(39)29-30(35(37)40)33(43-32(29)27-12-11-25(20-38)41-27)28-14-13-26(42-28)24-17-22-9-6-15-36-16-7-10-23(18-24)31(22)36/h11-14,17-18,20-21H,3-10,15-16,19H2,1-2H3. The van der Waals surface area contributed by atoms with Gasteiger partial charge in [0.1, 0.15) is 0 Å². The molecule has 0 radical (unpaired) electrons. The lowest BCUT2D eigenvalue weighted by Gasteiger charge is -2.37. The first kappa shape index (κ1) is 28.7. The van der Waals surface area contributed by atoms with Crippen molar-refractivity contribution in [1.29, 1.82) is 0 Å². The number of hydrogen-bond donors (Lipinski definition) is 0. The number of hydrogen-bond acceptors (Lipinski definition) is 7. The molecular weight excluding hydrogens is 593 g/mol. The Morgan fingerprint density at radius 2 is 1.47 bits per heavy atom. The number of carbonyl (C=O) groups is 3. The molecule has 1 aromatic carbocycles. The fraction of sp³-hybridized carbons (Fsp3) is 0.400. The van der Waals surface area contributed by atoms with Crippen LogP contribution in [0, 0.1) is 5.92 Å². The first-order valence-electron chi connectivity index (χ1n) is 15.6. The lowest BCUT2D eigenvalue weighted by atomic mass is 9.90. The van der Waals surface area contributed by atoms with Gasteiger partial charge in [0.2, 0.25) is 0 Å². The molecule has 4 aromatic rings. The van der Waals surface area contributed by atoms with Crippen molar-refractivity contribution in [3.8, 4) is 29.9 Å². The molecule has 3 aromatic heterocycles. The summed E-state index contributed by atoms with van der Waals surface area (Å²) in [5, 5.41) is 0. The number of fused-ring (bicyclic) bond motifs is 1. The molecule has 7 rings (SSSR count). The van der Waals surface area contributed by atoms with E-state index in [0.717, 1.165) is 77.4 Å². The molecule has 8 heteroatoms. The Hall–Kier alpha value is -3.07. The molecule has 3 aliphatic heterocycles. The smallest absolute Gasteiger partial charge is 0.263 e. The van der Waals surface area contributed by atoms with E-state index in [0.29, 0.717) is 28.5 Å². The number of benzene rings is 1. The van der Waals surface area contributed by atoms with Gasteiger partial charge in [-0.25, -0.2) is 0 Å². The zero-order valence-electron chi connectivity index (χ0n) is 24.7. The fourth-order valence-corrected chi connectivity index (χ4v) is 10.3. The third-order valence-corrected chi connectivity index (χ3v) is 12.9. The van der Waals surface area contributed by atoms with Crippen LogP contribution < -0.4 is 4.90 Å². The number of imide groups is 1. The van der Waals surface area contributed by atoms with Crippen LogP contribution in [-0.4, -0.2) is 42.6 Å². The van der Waals surface area contributed by atoms with Crippen molar-refractivity contribution in [2.45, 2.75) is 65.2 Å². The van der Waals surface area contributed by atoms with Crippen molar-refractivity contribution in [2.24, 2.45) is 5.92 Å². The molecule has 5 nitrogen and oxygen atoms in total. The average Bonchev–Trinajstić information content (AvgIpc) is 3.82. The summed E-state index contributed by atoms with van der Waals surface area (Å²) in [6.45, 7) is 7.10. The van der Waals surface area contributed by atoms with Gasteiger partial charge < -0.3 is 4.90 Å².